The molecule has 5 heteroatoms. The van der Waals surface area contributed by atoms with Crippen LogP contribution in [-0.4, -0.2) is 38.4 Å². The van der Waals surface area contributed by atoms with Crippen LogP contribution in [0.5, 0.6) is 5.75 Å². The van der Waals surface area contributed by atoms with Crippen molar-refractivity contribution in [3.8, 4) is 5.75 Å². The van der Waals surface area contributed by atoms with Crippen molar-refractivity contribution < 1.29 is 9.47 Å². The standard InChI is InChI=1S/C18H27N3O2/c1-4-11-22-16-9-6-5-8-15(16)13-20-17(19-3)21-14-18(2)10-7-12-23-18/h4-6,8-9H,1,7,10-14H2,2-3H3,(H2,19,20,21). The average molecular weight is 317 g/mol. The number of para-hydroxylation sites is 1. The van der Waals surface area contributed by atoms with Gasteiger partial charge in [0.2, 0.25) is 0 Å². The van der Waals surface area contributed by atoms with Gasteiger partial charge in [-0.2, -0.15) is 0 Å². The fourth-order valence-electron chi connectivity index (χ4n) is 2.59. The van der Waals surface area contributed by atoms with E-state index in [1.807, 2.05) is 24.3 Å². The molecule has 1 aliphatic heterocycles. The number of rotatable bonds is 7. The minimum absolute atomic E-state index is 0.0946. The van der Waals surface area contributed by atoms with Crippen molar-refractivity contribution in [2.75, 3.05) is 26.8 Å². The van der Waals surface area contributed by atoms with Gasteiger partial charge in [-0.1, -0.05) is 30.9 Å². The van der Waals surface area contributed by atoms with Crippen LogP contribution in [0.15, 0.2) is 41.9 Å². The van der Waals surface area contributed by atoms with Crippen molar-refractivity contribution in [2.45, 2.75) is 31.9 Å². The Morgan fingerprint density at radius 3 is 2.96 bits per heavy atom. The summed E-state index contributed by atoms with van der Waals surface area (Å²) in [6.45, 7) is 8.56. The molecule has 1 aromatic carbocycles. The molecule has 0 radical (unpaired) electrons. The predicted octanol–water partition coefficient (Wildman–Crippen LogP) is 2.49. The monoisotopic (exact) mass is 317 g/mol. The third kappa shape index (κ3) is 5.28. The SMILES string of the molecule is C=CCOc1ccccc1CNC(=NC)NCC1(C)CCCO1. The highest BCUT2D eigenvalue weighted by atomic mass is 16.5. The molecule has 0 spiro atoms. The lowest BCUT2D eigenvalue weighted by molar-refractivity contribution is 0.0243. The van der Waals surface area contributed by atoms with Crippen LogP contribution in [0.25, 0.3) is 0 Å². The first-order valence-corrected chi connectivity index (χ1v) is 8.07. The van der Waals surface area contributed by atoms with Crippen LogP contribution in [0, 0.1) is 0 Å². The first-order chi connectivity index (χ1) is 11.2. The lowest BCUT2D eigenvalue weighted by Crippen LogP contribution is -2.45. The highest BCUT2D eigenvalue weighted by Gasteiger charge is 2.29. The molecule has 2 rings (SSSR count). The van der Waals surface area contributed by atoms with Crippen LogP contribution in [-0.2, 0) is 11.3 Å². The van der Waals surface area contributed by atoms with Crippen LogP contribution in [0.1, 0.15) is 25.3 Å². The van der Waals surface area contributed by atoms with E-state index in [9.17, 15) is 0 Å². The largest absolute Gasteiger partial charge is 0.489 e. The van der Waals surface area contributed by atoms with Gasteiger partial charge >= 0.3 is 0 Å². The maximum Gasteiger partial charge on any atom is 0.191 e. The number of hydrogen-bond donors (Lipinski definition) is 2. The molecule has 1 saturated heterocycles. The Kier molecular flexibility index (Phi) is 6.47. The Bertz CT molecular complexity index is 537. The van der Waals surface area contributed by atoms with E-state index in [4.69, 9.17) is 9.47 Å². The van der Waals surface area contributed by atoms with Gasteiger partial charge in [0, 0.05) is 32.3 Å². The summed E-state index contributed by atoms with van der Waals surface area (Å²) in [5, 5.41) is 6.66. The van der Waals surface area contributed by atoms with Crippen LogP contribution in [0.3, 0.4) is 0 Å². The molecule has 0 amide bonds. The topological polar surface area (TPSA) is 54.9 Å². The Hall–Kier alpha value is -2.01. The maximum absolute atomic E-state index is 5.79. The maximum atomic E-state index is 5.79. The van der Waals surface area contributed by atoms with E-state index in [-0.39, 0.29) is 5.60 Å². The molecule has 23 heavy (non-hydrogen) atoms. The van der Waals surface area contributed by atoms with Crippen molar-refractivity contribution in [1.29, 1.82) is 0 Å². The number of hydrogen-bond acceptors (Lipinski definition) is 3. The smallest absolute Gasteiger partial charge is 0.191 e. The van der Waals surface area contributed by atoms with Crippen molar-refractivity contribution in [2.24, 2.45) is 4.99 Å². The van der Waals surface area contributed by atoms with Crippen LogP contribution in [0.4, 0.5) is 0 Å². The normalized spacial score (nSPS) is 21.0. The van der Waals surface area contributed by atoms with Crippen molar-refractivity contribution in [1.82, 2.24) is 10.6 Å². The number of benzene rings is 1. The highest BCUT2D eigenvalue weighted by molar-refractivity contribution is 5.79. The summed E-state index contributed by atoms with van der Waals surface area (Å²) in [7, 11) is 1.77. The van der Waals surface area contributed by atoms with Gasteiger partial charge in [0.25, 0.3) is 0 Å². The number of nitrogens with zero attached hydrogens (tertiary/aromatic N) is 1. The fraction of sp³-hybridized carbons (Fsp3) is 0.500. The molecule has 0 bridgehead atoms. The minimum atomic E-state index is -0.0946. The first kappa shape index (κ1) is 17.3. The molecule has 126 valence electrons. The third-order valence-corrected chi connectivity index (χ3v) is 3.93. The van der Waals surface area contributed by atoms with Gasteiger partial charge in [0.05, 0.1) is 5.60 Å². The van der Waals surface area contributed by atoms with Crippen LogP contribution in [0.2, 0.25) is 0 Å². The van der Waals surface area contributed by atoms with Gasteiger partial charge in [0.15, 0.2) is 5.96 Å². The Labute approximate surface area is 138 Å². The van der Waals surface area contributed by atoms with Crippen LogP contribution < -0.4 is 15.4 Å². The van der Waals surface area contributed by atoms with E-state index in [0.29, 0.717) is 13.2 Å². The number of ether oxygens (including phenoxy) is 2. The zero-order chi connectivity index (χ0) is 16.5. The zero-order valence-corrected chi connectivity index (χ0v) is 14.1. The summed E-state index contributed by atoms with van der Waals surface area (Å²) in [6.07, 6.45) is 3.94. The summed E-state index contributed by atoms with van der Waals surface area (Å²) in [5.41, 5.74) is 0.989. The van der Waals surface area contributed by atoms with E-state index < -0.39 is 0 Å². The molecular formula is C18H27N3O2. The van der Waals surface area contributed by atoms with Crippen molar-refractivity contribution in [3.05, 3.63) is 42.5 Å². The molecular weight excluding hydrogens is 290 g/mol. The molecule has 0 aliphatic carbocycles. The molecule has 1 aromatic rings. The number of guanidine groups is 1. The van der Waals surface area contributed by atoms with Gasteiger partial charge < -0.3 is 20.1 Å². The minimum Gasteiger partial charge on any atom is -0.489 e. The fourth-order valence-corrected chi connectivity index (χ4v) is 2.59. The summed E-state index contributed by atoms with van der Waals surface area (Å²) in [6, 6.07) is 7.97. The Morgan fingerprint density at radius 1 is 1.43 bits per heavy atom. The van der Waals surface area contributed by atoms with Gasteiger partial charge in [-0.05, 0) is 25.8 Å². The summed E-state index contributed by atoms with van der Waals surface area (Å²) >= 11 is 0. The second-order valence-electron chi connectivity index (χ2n) is 5.89. The van der Waals surface area contributed by atoms with Crippen LogP contribution >= 0.6 is 0 Å². The molecule has 2 N–H and O–H groups in total. The third-order valence-electron chi connectivity index (χ3n) is 3.93. The molecule has 0 aromatic heterocycles. The van der Waals surface area contributed by atoms with Gasteiger partial charge in [-0.25, -0.2) is 0 Å². The highest BCUT2D eigenvalue weighted by Crippen LogP contribution is 2.23. The Balaban J connectivity index is 1.87. The molecule has 1 atom stereocenters. The molecule has 1 aliphatic rings. The molecule has 5 nitrogen and oxygen atoms in total. The number of nitrogens with one attached hydrogen (secondary N) is 2. The summed E-state index contributed by atoms with van der Waals surface area (Å²) in [4.78, 5) is 4.27. The molecule has 1 fully saturated rings. The second-order valence-corrected chi connectivity index (χ2v) is 5.89. The van der Waals surface area contributed by atoms with Crippen molar-refractivity contribution >= 4 is 5.96 Å². The first-order valence-electron chi connectivity index (χ1n) is 8.07. The van der Waals surface area contributed by atoms with Gasteiger partial charge in [-0.3, -0.25) is 4.99 Å². The van der Waals surface area contributed by atoms with Crippen molar-refractivity contribution in [3.63, 3.8) is 0 Å². The lowest BCUT2D eigenvalue weighted by Gasteiger charge is -2.24. The van der Waals surface area contributed by atoms with E-state index in [0.717, 1.165) is 43.3 Å². The van der Waals surface area contributed by atoms with Gasteiger partial charge in [0.1, 0.15) is 12.4 Å². The Morgan fingerprint density at radius 2 is 2.26 bits per heavy atom. The lowest BCUT2D eigenvalue weighted by atomic mass is 10.0. The van der Waals surface area contributed by atoms with E-state index >= 15 is 0 Å². The molecule has 1 heterocycles. The second kappa shape index (κ2) is 8.58. The van der Waals surface area contributed by atoms with E-state index in [1.165, 1.54) is 0 Å². The molecule has 0 saturated carbocycles. The average Bonchev–Trinajstić information content (AvgIpc) is 3.01. The number of aliphatic imine (C=N–C) groups is 1. The summed E-state index contributed by atoms with van der Waals surface area (Å²) < 4.78 is 11.5. The zero-order valence-electron chi connectivity index (χ0n) is 14.1. The van der Waals surface area contributed by atoms with E-state index in [1.54, 1.807) is 13.1 Å². The molecule has 1 unspecified atom stereocenters. The predicted molar refractivity (Wildman–Crippen MR) is 93.9 cm³/mol. The summed E-state index contributed by atoms with van der Waals surface area (Å²) in [5.74, 6) is 1.63. The quantitative estimate of drug-likeness (QED) is 0.461. The van der Waals surface area contributed by atoms with E-state index in [2.05, 4.69) is 29.1 Å². The van der Waals surface area contributed by atoms with Gasteiger partial charge in [-0.15, -0.1) is 0 Å².